The quantitative estimate of drug-likeness (QED) is 0.878. The molecule has 2 rings (SSSR count). The van der Waals surface area contributed by atoms with Crippen LogP contribution in [0.15, 0.2) is 36.4 Å². The van der Waals surface area contributed by atoms with Crippen LogP contribution in [0, 0.1) is 11.3 Å². The van der Waals surface area contributed by atoms with Gasteiger partial charge in [0.2, 0.25) is 0 Å². The maximum atomic E-state index is 9.65. The molecule has 4 nitrogen and oxygen atoms in total. The molecule has 0 atom stereocenters. The van der Waals surface area contributed by atoms with Crippen LogP contribution in [0.1, 0.15) is 18.1 Å². The fraction of sp³-hybridized carbons (Fsp3) is 0.188. The summed E-state index contributed by atoms with van der Waals surface area (Å²) < 4.78 is 5.34. The maximum absolute atomic E-state index is 9.65. The van der Waals surface area contributed by atoms with E-state index in [4.69, 9.17) is 21.6 Å². The minimum Gasteiger partial charge on any atom is -0.504 e. The highest BCUT2D eigenvalue weighted by atomic mass is 35.5. The fourth-order valence-corrected chi connectivity index (χ4v) is 2.08. The largest absolute Gasteiger partial charge is 0.504 e. The van der Waals surface area contributed by atoms with Crippen LogP contribution in [0.25, 0.3) is 0 Å². The minimum atomic E-state index is 0.127. The Bertz CT molecular complexity index is 680. The third-order valence-corrected chi connectivity index (χ3v) is 3.22. The number of halogens is 1. The first-order chi connectivity index (χ1) is 10.1. The Morgan fingerprint density at radius 2 is 2.10 bits per heavy atom. The van der Waals surface area contributed by atoms with E-state index in [1.807, 2.05) is 19.1 Å². The van der Waals surface area contributed by atoms with Crippen LogP contribution in [-0.4, -0.2) is 11.7 Å². The summed E-state index contributed by atoms with van der Waals surface area (Å²) in [5, 5.41) is 22.1. The molecule has 21 heavy (non-hydrogen) atoms. The third-order valence-electron chi connectivity index (χ3n) is 2.91. The van der Waals surface area contributed by atoms with Gasteiger partial charge in [0.05, 0.1) is 17.2 Å². The topological polar surface area (TPSA) is 65.3 Å². The summed E-state index contributed by atoms with van der Waals surface area (Å²) in [6.45, 7) is 2.92. The molecule has 0 fully saturated rings. The van der Waals surface area contributed by atoms with Crippen molar-refractivity contribution >= 4 is 17.3 Å². The molecule has 0 saturated carbocycles. The van der Waals surface area contributed by atoms with Gasteiger partial charge in [-0.05, 0) is 42.8 Å². The van der Waals surface area contributed by atoms with E-state index in [0.717, 1.165) is 11.3 Å². The first-order valence-corrected chi connectivity index (χ1v) is 6.90. The van der Waals surface area contributed by atoms with Crippen molar-refractivity contribution in [1.29, 1.82) is 5.26 Å². The number of ether oxygens (including phenoxy) is 1. The van der Waals surface area contributed by atoms with Gasteiger partial charge in [-0.2, -0.15) is 5.26 Å². The molecular weight excluding hydrogens is 288 g/mol. The Morgan fingerprint density at radius 3 is 2.76 bits per heavy atom. The summed E-state index contributed by atoms with van der Waals surface area (Å²) in [6, 6.07) is 12.4. The van der Waals surface area contributed by atoms with Crippen LogP contribution in [0.4, 0.5) is 5.69 Å². The molecule has 0 aliphatic carbocycles. The van der Waals surface area contributed by atoms with Gasteiger partial charge in [-0.3, -0.25) is 0 Å². The van der Waals surface area contributed by atoms with Crippen molar-refractivity contribution in [1.82, 2.24) is 0 Å². The highest BCUT2D eigenvalue weighted by Crippen LogP contribution is 2.27. The monoisotopic (exact) mass is 302 g/mol. The number of nitrogens with one attached hydrogen (secondary N) is 1. The number of rotatable bonds is 5. The number of nitriles is 1. The van der Waals surface area contributed by atoms with Gasteiger partial charge in [-0.1, -0.05) is 17.7 Å². The van der Waals surface area contributed by atoms with Crippen molar-refractivity contribution < 1.29 is 9.84 Å². The molecule has 2 aromatic rings. The summed E-state index contributed by atoms with van der Waals surface area (Å²) in [5.74, 6) is 0.594. The molecule has 0 aromatic heterocycles. The van der Waals surface area contributed by atoms with E-state index in [1.54, 1.807) is 30.3 Å². The first kappa shape index (κ1) is 15.0. The van der Waals surface area contributed by atoms with E-state index in [0.29, 0.717) is 29.5 Å². The first-order valence-electron chi connectivity index (χ1n) is 6.52. The number of nitrogens with zero attached hydrogens (tertiary/aromatic N) is 1. The van der Waals surface area contributed by atoms with Gasteiger partial charge in [0, 0.05) is 12.2 Å². The van der Waals surface area contributed by atoms with Crippen molar-refractivity contribution in [2.45, 2.75) is 13.5 Å². The highest BCUT2D eigenvalue weighted by molar-refractivity contribution is 6.32. The van der Waals surface area contributed by atoms with Gasteiger partial charge >= 0.3 is 0 Å². The Kier molecular flexibility index (Phi) is 4.91. The molecular formula is C16H15ClN2O2. The zero-order valence-electron chi connectivity index (χ0n) is 11.6. The molecule has 5 heteroatoms. The van der Waals surface area contributed by atoms with Gasteiger partial charge < -0.3 is 15.2 Å². The second-order valence-corrected chi connectivity index (χ2v) is 4.80. The van der Waals surface area contributed by atoms with Gasteiger partial charge in [0.25, 0.3) is 0 Å². The molecule has 108 valence electrons. The number of hydrogen-bond donors (Lipinski definition) is 2. The number of aromatic hydroxyl groups is 1. The average molecular weight is 303 g/mol. The molecule has 0 spiro atoms. The third kappa shape index (κ3) is 3.80. The van der Waals surface area contributed by atoms with E-state index < -0.39 is 0 Å². The Hall–Kier alpha value is -2.38. The van der Waals surface area contributed by atoms with Crippen molar-refractivity contribution in [3.8, 4) is 17.6 Å². The standard InChI is InChI=1S/C16H15ClN2O2/c1-2-21-16-7-11(3-6-15(16)20)10-19-13-5-4-12(9-18)14(17)8-13/h3-8,19-20H,2,10H2,1H3. The summed E-state index contributed by atoms with van der Waals surface area (Å²) in [4.78, 5) is 0. The number of phenolic OH excluding ortho intramolecular Hbond substituents is 1. The lowest BCUT2D eigenvalue weighted by atomic mass is 10.2. The van der Waals surface area contributed by atoms with Crippen LogP contribution in [0.5, 0.6) is 11.5 Å². The van der Waals surface area contributed by atoms with E-state index in [1.165, 1.54) is 0 Å². The molecule has 0 heterocycles. The van der Waals surface area contributed by atoms with Crippen molar-refractivity contribution in [2.24, 2.45) is 0 Å². The molecule has 0 aliphatic heterocycles. The number of hydrogen-bond acceptors (Lipinski definition) is 4. The number of phenols is 1. The molecule has 0 unspecified atom stereocenters. The second-order valence-electron chi connectivity index (χ2n) is 4.40. The number of anilines is 1. The summed E-state index contributed by atoms with van der Waals surface area (Å²) in [6.07, 6.45) is 0. The average Bonchev–Trinajstić information content (AvgIpc) is 2.48. The van der Waals surface area contributed by atoms with Crippen LogP contribution in [0.3, 0.4) is 0 Å². The predicted octanol–water partition coefficient (Wildman–Crippen LogP) is 3.93. The highest BCUT2D eigenvalue weighted by Gasteiger charge is 2.04. The lowest BCUT2D eigenvalue weighted by Gasteiger charge is -2.10. The van der Waals surface area contributed by atoms with Crippen molar-refractivity contribution in [3.63, 3.8) is 0 Å². The molecule has 0 radical (unpaired) electrons. The zero-order chi connectivity index (χ0) is 15.2. The molecule has 2 aromatic carbocycles. The zero-order valence-corrected chi connectivity index (χ0v) is 12.3. The summed E-state index contributed by atoms with van der Waals surface area (Å²) >= 11 is 5.98. The summed E-state index contributed by atoms with van der Waals surface area (Å²) in [5.41, 5.74) is 2.24. The van der Waals surface area contributed by atoms with Crippen molar-refractivity contribution in [2.75, 3.05) is 11.9 Å². The van der Waals surface area contributed by atoms with Crippen LogP contribution in [-0.2, 0) is 6.54 Å². The van der Waals surface area contributed by atoms with Crippen LogP contribution < -0.4 is 10.1 Å². The maximum Gasteiger partial charge on any atom is 0.161 e. The van der Waals surface area contributed by atoms with Crippen molar-refractivity contribution in [3.05, 3.63) is 52.5 Å². The predicted molar refractivity (Wildman–Crippen MR) is 82.8 cm³/mol. The lowest BCUT2D eigenvalue weighted by molar-refractivity contribution is 0.318. The molecule has 0 amide bonds. The van der Waals surface area contributed by atoms with Crippen LogP contribution in [0.2, 0.25) is 5.02 Å². The molecule has 0 bridgehead atoms. The second kappa shape index (κ2) is 6.87. The molecule has 2 N–H and O–H groups in total. The van der Waals surface area contributed by atoms with E-state index in [9.17, 15) is 5.11 Å². The van der Waals surface area contributed by atoms with Gasteiger partial charge in [0.15, 0.2) is 11.5 Å². The Morgan fingerprint density at radius 1 is 1.29 bits per heavy atom. The van der Waals surface area contributed by atoms with E-state index in [2.05, 4.69) is 5.32 Å². The normalized spacial score (nSPS) is 9.95. The summed E-state index contributed by atoms with van der Waals surface area (Å²) in [7, 11) is 0. The fourth-order valence-electron chi connectivity index (χ4n) is 1.86. The SMILES string of the molecule is CCOc1cc(CNc2ccc(C#N)c(Cl)c2)ccc1O. The molecule has 0 saturated heterocycles. The van der Waals surface area contributed by atoms with E-state index in [-0.39, 0.29) is 5.75 Å². The Balaban J connectivity index is 2.08. The van der Waals surface area contributed by atoms with Gasteiger partial charge in [0.1, 0.15) is 6.07 Å². The number of benzene rings is 2. The molecule has 0 aliphatic rings. The van der Waals surface area contributed by atoms with Gasteiger partial charge in [-0.25, -0.2) is 0 Å². The van der Waals surface area contributed by atoms with Crippen LogP contribution >= 0.6 is 11.6 Å². The Labute approximate surface area is 128 Å². The van der Waals surface area contributed by atoms with E-state index >= 15 is 0 Å². The minimum absolute atomic E-state index is 0.127. The lowest BCUT2D eigenvalue weighted by Crippen LogP contribution is -2.00. The van der Waals surface area contributed by atoms with Gasteiger partial charge in [-0.15, -0.1) is 0 Å². The smallest absolute Gasteiger partial charge is 0.161 e.